The van der Waals surface area contributed by atoms with Gasteiger partial charge in [0.15, 0.2) is 22.9 Å². The number of ketones is 1. The van der Waals surface area contributed by atoms with E-state index in [1.165, 1.54) is 0 Å². The average Bonchev–Trinajstić information content (AvgIpc) is 3.44. The van der Waals surface area contributed by atoms with E-state index < -0.39 is 5.66 Å². The summed E-state index contributed by atoms with van der Waals surface area (Å²) in [5.41, 5.74) is 0.117. The summed E-state index contributed by atoms with van der Waals surface area (Å²) in [5, 5.41) is 10.8. The first-order chi connectivity index (χ1) is 12.6. The topological polar surface area (TPSA) is 89.4 Å². The van der Waals surface area contributed by atoms with Gasteiger partial charge in [-0.25, -0.2) is 0 Å². The second-order valence-electron chi connectivity index (χ2n) is 6.27. The zero-order chi connectivity index (χ0) is 18.4. The van der Waals surface area contributed by atoms with Gasteiger partial charge in [-0.05, 0) is 18.2 Å². The van der Waals surface area contributed by atoms with Crippen LogP contribution in [0.2, 0.25) is 0 Å². The summed E-state index contributed by atoms with van der Waals surface area (Å²) in [4.78, 5) is 24.2. The summed E-state index contributed by atoms with van der Waals surface area (Å²) in [7, 11) is 0. The lowest BCUT2D eigenvalue weighted by molar-refractivity contribution is -0.121. The van der Waals surface area contributed by atoms with E-state index in [0.29, 0.717) is 56.1 Å². The smallest absolute Gasteiger partial charge is 0.220 e. The lowest BCUT2D eigenvalue weighted by Crippen LogP contribution is -2.28. The van der Waals surface area contributed by atoms with Gasteiger partial charge in [0.25, 0.3) is 0 Å². The average molecular weight is 355 g/mol. The Bertz CT molecular complexity index is 761. The van der Waals surface area contributed by atoms with Crippen LogP contribution in [0.15, 0.2) is 28.4 Å². The first kappa shape index (κ1) is 17.9. The second-order valence-corrected chi connectivity index (χ2v) is 6.27. The van der Waals surface area contributed by atoms with Crippen LogP contribution in [0.25, 0.3) is 0 Å². The first-order valence-corrected chi connectivity index (χ1v) is 8.69. The predicted molar refractivity (Wildman–Crippen MR) is 94.3 cm³/mol. The van der Waals surface area contributed by atoms with Crippen molar-refractivity contribution in [2.75, 3.05) is 19.8 Å². The van der Waals surface area contributed by atoms with Crippen LogP contribution in [0.3, 0.4) is 0 Å². The molecule has 136 valence electrons. The minimum atomic E-state index is -0.402. The van der Waals surface area contributed by atoms with E-state index in [1.54, 1.807) is 18.2 Å². The summed E-state index contributed by atoms with van der Waals surface area (Å²) in [6.07, 6.45) is 7.48. The molecule has 0 saturated carbocycles. The number of rotatable bonds is 9. The van der Waals surface area contributed by atoms with Gasteiger partial charge in [0, 0.05) is 44.2 Å². The van der Waals surface area contributed by atoms with Crippen molar-refractivity contribution in [1.29, 1.82) is 0 Å². The van der Waals surface area contributed by atoms with Gasteiger partial charge >= 0.3 is 0 Å². The molecule has 2 aliphatic rings. The second kappa shape index (κ2) is 8.00. The molecule has 0 radical (unpaired) electrons. The molecule has 1 aromatic carbocycles. The fraction of sp³-hybridized carbons (Fsp3) is 0.474. The van der Waals surface area contributed by atoms with Crippen molar-refractivity contribution in [3.8, 4) is 23.8 Å². The number of nitrogens with one attached hydrogen (secondary N) is 1. The fourth-order valence-corrected chi connectivity index (χ4v) is 2.75. The number of Topliss-reactive ketones (excluding diaryl/α,β-unsaturated/α-hetero) is 1. The van der Waals surface area contributed by atoms with Crippen LogP contribution < -0.4 is 14.8 Å². The summed E-state index contributed by atoms with van der Waals surface area (Å²) in [6.45, 7) is 1.44. The molecule has 7 nitrogen and oxygen atoms in total. The number of fused-ring (bicyclic) bond motifs is 1. The fourth-order valence-electron chi connectivity index (χ4n) is 2.75. The Labute approximate surface area is 152 Å². The number of benzene rings is 1. The van der Waals surface area contributed by atoms with Crippen molar-refractivity contribution >= 4 is 11.7 Å². The molecule has 2 heterocycles. The third kappa shape index (κ3) is 4.60. The first-order valence-electron chi connectivity index (χ1n) is 8.69. The van der Waals surface area contributed by atoms with Gasteiger partial charge in [-0.15, -0.1) is 12.3 Å². The highest BCUT2D eigenvalue weighted by Crippen LogP contribution is 2.36. The maximum absolute atomic E-state index is 12.3. The van der Waals surface area contributed by atoms with Crippen LogP contribution >= 0.6 is 0 Å². The SMILES string of the molecule is C#CCCC1(CCNC(=O)CCC(=O)c2ccc3c(c2)OCCO3)N=N1. The van der Waals surface area contributed by atoms with E-state index in [1.807, 2.05) is 0 Å². The Hall–Kier alpha value is -2.88. The van der Waals surface area contributed by atoms with E-state index in [2.05, 4.69) is 21.5 Å². The molecule has 0 atom stereocenters. The quantitative estimate of drug-likeness (QED) is 0.544. The molecular formula is C19H21N3O4. The number of hydrogen-bond acceptors (Lipinski definition) is 6. The number of carbonyl (C=O) groups is 2. The molecule has 0 spiro atoms. The summed E-state index contributed by atoms with van der Waals surface area (Å²) in [6, 6.07) is 5.08. The number of nitrogens with zero attached hydrogens (tertiary/aromatic N) is 2. The molecule has 0 fully saturated rings. The molecule has 0 unspecified atom stereocenters. The van der Waals surface area contributed by atoms with Gasteiger partial charge in [0.1, 0.15) is 13.2 Å². The van der Waals surface area contributed by atoms with E-state index in [9.17, 15) is 9.59 Å². The minimum absolute atomic E-state index is 0.102. The van der Waals surface area contributed by atoms with Gasteiger partial charge in [-0.1, -0.05) is 0 Å². The number of terminal acetylenes is 1. The number of amides is 1. The monoisotopic (exact) mass is 355 g/mol. The van der Waals surface area contributed by atoms with Gasteiger partial charge in [0.05, 0.1) is 0 Å². The molecule has 1 N–H and O–H groups in total. The number of carbonyl (C=O) groups excluding carboxylic acids is 2. The van der Waals surface area contributed by atoms with Crippen LogP contribution in [0.4, 0.5) is 0 Å². The third-order valence-electron chi connectivity index (χ3n) is 4.34. The maximum atomic E-state index is 12.3. The van der Waals surface area contributed by atoms with E-state index in [0.717, 1.165) is 0 Å². The Morgan fingerprint density at radius 2 is 1.92 bits per heavy atom. The van der Waals surface area contributed by atoms with Crippen molar-refractivity contribution in [2.45, 2.75) is 37.8 Å². The molecule has 26 heavy (non-hydrogen) atoms. The Morgan fingerprint density at radius 1 is 1.15 bits per heavy atom. The largest absolute Gasteiger partial charge is 0.486 e. The molecule has 2 aliphatic heterocycles. The molecule has 7 heteroatoms. The summed E-state index contributed by atoms with van der Waals surface area (Å²) >= 11 is 0. The molecule has 0 saturated heterocycles. The van der Waals surface area contributed by atoms with Crippen LogP contribution in [0.5, 0.6) is 11.5 Å². The molecule has 1 amide bonds. The maximum Gasteiger partial charge on any atom is 0.220 e. The zero-order valence-corrected chi connectivity index (χ0v) is 14.5. The molecular weight excluding hydrogens is 334 g/mol. The highest BCUT2D eigenvalue weighted by molar-refractivity contribution is 5.98. The van der Waals surface area contributed by atoms with Gasteiger partial charge in [-0.2, -0.15) is 10.2 Å². The van der Waals surface area contributed by atoms with Crippen molar-refractivity contribution in [2.24, 2.45) is 10.2 Å². The Balaban J connectivity index is 1.39. The lowest BCUT2D eigenvalue weighted by atomic mass is 10.0. The van der Waals surface area contributed by atoms with Crippen LogP contribution in [0.1, 0.15) is 42.5 Å². The minimum Gasteiger partial charge on any atom is -0.486 e. The molecule has 1 aromatic rings. The standard InChI is InChI=1S/C19H21N3O4/c1-2-3-8-19(21-22-19)9-10-20-18(24)7-5-15(23)14-4-6-16-17(13-14)26-12-11-25-16/h1,4,6,13H,3,5,7-12H2,(H,20,24). The normalized spacial score (nSPS) is 15.8. The zero-order valence-electron chi connectivity index (χ0n) is 14.5. The van der Waals surface area contributed by atoms with Crippen molar-refractivity contribution in [1.82, 2.24) is 5.32 Å². The highest BCUT2D eigenvalue weighted by Gasteiger charge is 2.38. The van der Waals surface area contributed by atoms with Gasteiger partial charge in [-0.3, -0.25) is 9.59 Å². The van der Waals surface area contributed by atoms with E-state index in [-0.39, 0.29) is 24.5 Å². The van der Waals surface area contributed by atoms with E-state index in [4.69, 9.17) is 15.9 Å². The molecule has 0 aromatic heterocycles. The van der Waals surface area contributed by atoms with Crippen LogP contribution in [0, 0.1) is 12.3 Å². The lowest BCUT2D eigenvalue weighted by Gasteiger charge is -2.18. The van der Waals surface area contributed by atoms with Gasteiger partial charge in [0.2, 0.25) is 5.91 Å². The van der Waals surface area contributed by atoms with Crippen molar-refractivity contribution < 1.29 is 19.1 Å². The molecule has 3 rings (SSSR count). The summed E-state index contributed by atoms with van der Waals surface area (Å²) < 4.78 is 10.9. The third-order valence-corrected chi connectivity index (χ3v) is 4.34. The molecule has 0 bridgehead atoms. The Morgan fingerprint density at radius 3 is 2.65 bits per heavy atom. The van der Waals surface area contributed by atoms with Crippen molar-refractivity contribution in [3.05, 3.63) is 23.8 Å². The van der Waals surface area contributed by atoms with E-state index >= 15 is 0 Å². The van der Waals surface area contributed by atoms with Gasteiger partial charge < -0.3 is 14.8 Å². The highest BCUT2D eigenvalue weighted by atomic mass is 16.6. The summed E-state index contributed by atoms with van der Waals surface area (Å²) in [5.74, 6) is 3.51. The molecule has 0 aliphatic carbocycles. The number of ether oxygens (including phenoxy) is 2. The van der Waals surface area contributed by atoms with Crippen molar-refractivity contribution in [3.63, 3.8) is 0 Å². The number of hydrogen-bond donors (Lipinski definition) is 1. The van der Waals surface area contributed by atoms with Crippen LogP contribution in [-0.4, -0.2) is 37.1 Å². The Kier molecular flexibility index (Phi) is 5.52. The predicted octanol–water partition coefficient (Wildman–Crippen LogP) is 2.50. The van der Waals surface area contributed by atoms with Crippen LogP contribution in [-0.2, 0) is 4.79 Å².